The molecule has 0 unspecified atom stereocenters. The highest BCUT2D eigenvalue weighted by molar-refractivity contribution is 5.72. The molecule has 0 spiro atoms. The van der Waals surface area contributed by atoms with Crippen molar-refractivity contribution < 1.29 is 9.90 Å². The second-order valence-corrected chi connectivity index (χ2v) is 2.04. The van der Waals surface area contributed by atoms with E-state index in [0.29, 0.717) is 19.3 Å². The highest BCUT2D eigenvalue weighted by atomic mass is 16.4. The maximum atomic E-state index is 10.1. The Morgan fingerprint density at radius 1 is 1.80 bits per heavy atom. The van der Waals surface area contributed by atoms with Crippen molar-refractivity contribution in [3.8, 4) is 12.3 Å². The molecule has 3 nitrogen and oxygen atoms in total. The molecule has 56 valence electrons. The van der Waals surface area contributed by atoms with Crippen molar-refractivity contribution in [1.29, 1.82) is 0 Å². The normalized spacial score (nSPS) is 12.0. The van der Waals surface area contributed by atoms with Crippen LogP contribution in [-0.2, 0) is 4.79 Å². The number of nitrogens with two attached hydrogens (primary N) is 1. The molecule has 0 saturated carbocycles. The van der Waals surface area contributed by atoms with Gasteiger partial charge in [0.2, 0.25) is 0 Å². The average molecular weight is 141 g/mol. The Labute approximate surface area is 60.2 Å². The molecular weight excluding hydrogens is 130 g/mol. The molecule has 3 N–H and O–H groups in total. The number of rotatable bonds is 4. The quantitative estimate of drug-likeness (QED) is 0.434. The molecule has 0 aromatic rings. The Hall–Kier alpha value is -1.01. The molecule has 1 atom stereocenters. The highest BCUT2D eigenvalue weighted by Gasteiger charge is 2.09. The lowest BCUT2D eigenvalue weighted by atomic mass is 10.1. The summed E-state index contributed by atoms with van der Waals surface area (Å²) in [6.45, 7) is 0. The number of hydrogen-bond donors (Lipinski definition) is 2. The SMILES string of the molecule is C#CCCC[C@@H](N)C(=O)O. The summed E-state index contributed by atoms with van der Waals surface area (Å²) >= 11 is 0. The number of carbonyl (C=O) groups is 1. The summed E-state index contributed by atoms with van der Waals surface area (Å²) in [4.78, 5) is 10.1. The van der Waals surface area contributed by atoms with E-state index in [0.717, 1.165) is 0 Å². The number of carboxylic acids is 1. The van der Waals surface area contributed by atoms with Crippen LogP contribution in [0.2, 0.25) is 0 Å². The molecule has 0 aliphatic rings. The molecule has 0 rings (SSSR count). The predicted molar refractivity (Wildman–Crippen MR) is 38.3 cm³/mol. The molecular formula is C7H11NO2. The van der Waals surface area contributed by atoms with Crippen LogP contribution in [0.1, 0.15) is 19.3 Å². The first kappa shape index (κ1) is 8.99. The molecule has 0 aromatic carbocycles. The second-order valence-electron chi connectivity index (χ2n) is 2.04. The predicted octanol–water partition coefficient (Wildman–Crippen LogP) is 0.202. The standard InChI is InChI=1S/C7H11NO2/c1-2-3-4-5-6(8)7(9)10/h1,6H,3-5,8H2,(H,9,10)/t6-/m1/s1. The highest BCUT2D eigenvalue weighted by Crippen LogP contribution is 1.97. The van der Waals surface area contributed by atoms with Gasteiger partial charge < -0.3 is 10.8 Å². The topological polar surface area (TPSA) is 63.3 Å². The van der Waals surface area contributed by atoms with Crippen LogP contribution in [0.5, 0.6) is 0 Å². The van der Waals surface area contributed by atoms with Gasteiger partial charge in [0.25, 0.3) is 0 Å². The lowest BCUT2D eigenvalue weighted by Gasteiger charge is -2.02. The van der Waals surface area contributed by atoms with Crippen LogP contribution in [-0.4, -0.2) is 17.1 Å². The fraction of sp³-hybridized carbons (Fsp3) is 0.571. The molecule has 0 amide bonds. The van der Waals surface area contributed by atoms with Gasteiger partial charge in [0.05, 0.1) is 0 Å². The van der Waals surface area contributed by atoms with Crippen molar-refractivity contribution in [2.24, 2.45) is 5.73 Å². The maximum Gasteiger partial charge on any atom is 0.320 e. The Balaban J connectivity index is 3.32. The summed E-state index contributed by atoms with van der Waals surface area (Å²) in [5.74, 6) is 1.45. The van der Waals surface area contributed by atoms with E-state index in [1.54, 1.807) is 0 Å². The van der Waals surface area contributed by atoms with Crippen LogP contribution in [0.25, 0.3) is 0 Å². The summed E-state index contributed by atoms with van der Waals surface area (Å²) in [5, 5.41) is 8.30. The molecule has 0 heterocycles. The Morgan fingerprint density at radius 2 is 2.40 bits per heavy atom. The van der Waals surface area contributed by atoms with Crippen molar-refractivity contribution in [2.75, 3.05) is 0 Å². The van der Waals surface area contributed by atoms with Gasteiger partial charge in [-0.15, -0.1) is 12.3 Å². The first-order chi connectivity index (χ1) is 4.68. The monoisotopic (exact) mass is 141 g/mol. The fourth-order valence-electron chi connectivity index (χ4n) is 0.548. The molecule has 0 saturated heterocycles. The first-order valence-corrected chi connectivity index (χ1v) is 3.10. The zero-order chi connectivity index (χ0) is 7.98. The molecule has 0 aliphatic carbocycles. The summed E-state index contributed by atoms with van der Waals surface area (Å²) < 4.78 is 0. The van der Waals surface area contributed by atoms with E-state index in [-0.39, 0.29) is 0 Å². The molecule has 3 heteroatoms. The van der Waals surface area contributed by atoms with Gasteiger partial charge in [0, 0.05) is 6.42 Å². The van der Waals surface area contributed by atoms with Crippen LogP contribution in [0.4, 0.5) is 0 Å². The zero-order valence-corrected chi connectivity index (χ0v) is 5.71. The van der Waals surface area contributed by atoms with E-state index in [4.69, 9.17) is 17.3 Å². The van der Waals surface area contributed by atoms with E-state index in [9.17, 15) is 4.79 Å². The minimum absolute atomic E-state index is 0.458. The van der Waals surface area contributed by atoms with Crippen molar-refractivity contribution in [2.45, 2.75) is 25.3 Å². The molecule has 0 fully saturated rings. The molecule has 0 aliphatic heterocycles. The van der Waals surface area contributed by atoms with Gasteiger partial charge in [0.15, 0.2) is 0 Å². The van der Waals surface area contributed by atoms with Gasteiger partial charge >= 0.3 is 5.97 Å². The fourth-order valence-corrected chi connectivity index (χ4v) is 0.548. The number of unbranched alkanes of at least 4 members (excludes halogenated alkanes) is 1. The van der Waals surface area contributed by atoms with Crippen LogP contribution in [0.3, 0.4) is 0 Å². The first-order valence-electron chi connectivity index (χ1n) is 3.10. The third-order valence-electron chi connectivity index (χ3n) is 1.15. The van der Waals surface area contributed by atoms with Gasteiger partial charge in [-0.3, -0.25) is 4.79 Å². The number of aliphatic carboxylic acids is 1. The minimum Gasteiger partial charge on any atom is -0.480 e. The van der Waals surface area contributed by atoms with Gasteiger partial charge in [-0.25, -0.2) is 0 Å². The van der Waals surface area contributed by atoms with Gasteiger partial charge in [0.1, 0.15) is 6.04 Å². The van der Waals surface area contributed by atoms with Gasteiger partial charge in [-0.1, -0.05) is 0 Å². The van der Waals surface area contributed by atoms with E-state index >= 15 is 0 Å². The lowest BCUT2D eigenvalue weighted by molar-refractivity contribution is -0.138. The molecule has 0 aromatic heterocycles. The smallest absolute Gasteiger partial charge is 0.320 e. The van der Waals surface area contributed by atoms with E-state index in [1.165, 1.54) is 0 Å². The molecule has 0 bridgehead atoms. The number of hydrogen-bond acceptors (Lipinski definition) is 2. The summed E-state index contributed by atoms with van der Waals surface area (Å²) in [7, 11) is 0. The minimum atomic E-state index is -0.961. The largest absolute Gasteiger partial charge is 0.480 e. The van der Waals surface area contributed by atoms with Crippen molar-refractivity contribution in [3.63, 3.8) is 0 Å². The second kappa shape index (κ2) is 4.83. The van der Waals surface area contributed by atoms with Crippen molar-refractivity contribution >= 4 is 5.97 Å². The maximum absolute atomic E-state index is 10.1. The number of carboxylic acid groups (broad SMARTS) is 1. The number of terminal acetylenes is 1. The Bertz CT molecular complexity index is 148. The summed E-state index contributed by atoms with van der Waals surface area (Å²) in [5.41, 5.74) is 5.19. The third kappa shape index (κ3) is 3.93. The van der Waals surface area contributed by atoms with Crippen LogP contribution < -0.4 is 5.73 Å². The van der Waals surface area contributed by atoms with E-state index < -0.39 is 12.0 Å². The third-order valence-corrected chi connectivity index (χ3v) is 1.15. The van der Waals surface area contributed by atoms with Crippen LogP contribution >= 0.6 is 0 Å². The summed E-state index contributed by atoms with van der Waals surface area (Å²) in [6.07, 6.45) is 6.69. The van der Waals surface area contributed by atoms with E-state index in [2.05, 4.69) is 5.92 Å². The molecule has 10 heavy (non-hydrogen) atoms. The molecule has 0 radical (unpaired) electrons. The van der Waals surface area contributed by atoms with Crippen LogP contribution in [0.15, 0.2) is 0 Å². The zero-order valence-electron chi connectivity index (χ0n) is 5.71. The van der Waals surface area contributed by atoms with Crippen molar-refractivity contribution in [3.05, 3.63) is 0 Å². The lowest BCUT2D eigenvalue weighted by Crippen LogP contribution is -2.29. The Morgan fingerprint density at radius 3 is 2.80 bits per heavy atom. The van der Waals surface area contributed by atoms with Crippen molar-refractivity contribution in [1.82, 2.24) is 0 Å². The average Bonchev–Trinajstić information content (AvgIpc) is 1.88. The van der Waals surface area contributed by atoms with Crippen LogP contribution in [0, 0.1) is 12.3 Å². The Kier molecular flexibility index (Phi) is 4.34. The van der Waals surface area contributed by atoms with Gasteiger partial charge in [-0.05, 0) is 12.8 Å². The van der Waals surface area contributed by atoms with Gasteiger partial charge in [-0.2, -0.15) is 0 Å². The summed E-state index contributed by atoms with van der Waals surface area (Å²) in [6, 6.07) is -0.756. The van der Waals surface area contributed by atoms with E-state index in [1.807, 2.05) is 0 Å².